The molecule has 3 nitrogen and oxygen atoms in total. The normalized spacial score (nSPS) is 12.9. The van der Waals surface area contributed by atoms with Gasteiger partial charge in [-0.2, -0.15) is 0 Å². The van der Waals surface area contributed by atoms with Gasteiger partial charge in [0.05, 0.1) is 0 Å². The van der Waals surface area contributed by atoms with E-state index in [9.17, 15) is 15.0 Å². The minimum Gasteiger partial charge on any atom is -0.359 e. The molecule has 0 aliphatic carbocycles. The number of carbonyl (C=O) groups is 1. The van der Waals surface area contributed by atoms with Gasteiger partial charge in [-0.05, 0) is 32.1 Å². The van der Waals surface area contributed by atoms with E-state index in [1.165, 1.54) is 44.9 Å². The third-order valence-electron chi connectivity index (χ3n) is 4.60. The van der Waals surface area contributed by atoms with E-state index in [1.54, 1.807) is 20.8 Å². The molecule has 0 saturated carbocycles. The Labute approximate surface area is 149 Å². The highest BCUT2D eigenvalue weighted by Crippen LogP contribution is 2.30. The molecular weight excluding hydrogens is 300 g/mol. The maximum atomic E-state index is 11.9. The van der Waals surface area contributed by atoms with Crippen LogP contribution in [0, 0.1) is 5.41 Å². The monoisotopic (exact) mass is 340 g/mol. The van der Waals surface area contributed by atoms with E-state index in [1.807, 2.05) is 0 Å². The first-order valence-corrected chi connectivity index (χ1v) is 9.86. The molecule has 0 unspecified atom stereocenters. The van der Waals surface area contributed by atoms with Crippen LogP contribution >= 0.6 is 0 Å². The minimum absolute atomic E-state index is 0.252. The fourth-order valence-corrected chi connectivity index (χ4v) is 2.60. The Morgan fingerprint density at radius 3 is 1.75 bits per heavy atom. The Hall–Kier alpha value is -0.670. The first-order chi connectivity index (χ1) is 11.2. The number of ketones is 1. The summed E-state index contributed by atoms with van der Waals surface area (Å²) in [7, 11) is 0. The highest BCUT2D eigenvalue weighted by atomic mass is 16.5. The summed E-state index contributed by atoms with van der Waals surface area (Å²) in [5.74, 6) is -2.67. The van der Waals surface area contributed by atoms with Gasteiger partial charge in [0.1, 0.15) is 0 Å². The lowest BCUT2D eigenvalue weighted by Gasteiger charge is -2.33. The van der Waals surface area contributed by atoms with Crippen LogP contribution in [0.2, 0.25) is 0 Å². The van der Waals surface area contributed by atoms with E-state index in [2.05, 4.69) is 19.1 Å². The Morgan fingerprint density at radius 2 is 1.25 bits per heavy atom. The van der Waals surface area contributed by atoms with Crippen molar-refractivity contribution in [1.29, 1.82) is 0 Å². The van der Waals surface area contributed by atoms with Crippen LogP contribution in [0.15, 0.2) is 12.2 Å². The maximum absolute atomic E-state index is 11.9. The van der Waals surface area contributed by atoms with Crippen LogP contribution < -0.4 is 0 Å². The smallest absolute Gasteiger partial charge is 0.228 e. The standard InChI is InChI=1S/C21H40O3/c1-5-6-7-8-9-10-11-12-13-14-15-16-17-18-19(22)21(23,24)20(2,3)4/h10-11,23-24H,5-9,12-18H2,1-4H3/b11-10-. The van der Waals surface area contributed by atoms with Crippen LogP contribution in [0.25, 0.3) is 0 Å². The second-order valence-electron chi connectivity index (χ2n) is 7.97. The van der Waals surface area contributed by atoms with Gasteiger partial charge >= 0.3 is 0 Å². The molecule has 0 aliphatic heterocycles. The topological polar surface area (TPSA) is 57.5 Å². The molecule has 24 heavy (non-hydrogen) atoms. The number of Topliss-reactive ketones (excluding diaryl/α,β-unsaturated/α-hetero) is 1. The molecular formula is C21H40O3. The molecule has 0 aromatic carbocycles. The second kappa shape index (κ2) is 12.7. The fourth-order valence-electron chi connectivity index (χ4n) is 2.60. The van der Waals surface area contributed by atoms with E-state index in [4.69, 9.17) is 0 Å². The molecule has 3 heteroatoms. The van der Waals surface area contributed by atoms with Crippen molar-refractivity contribution >= 4 is 5.78 Å². The van der Waals surface area contributed by atoms with Gasteiger partial charge in [0.2, 0.25) is 5.79 Å². The van der Waals surface area contributed by atoms with Gasteiger partial charge in [0, 0.05) is 11.8 Å². The molecule has 0 bridgehead atoms. The van der Waals surface area contributed by atoms with Crippen molar-refractivity contribution in [2.45, 2.75) is 111 Å². The molecule has 0 aromatic rings. The van der Waals surface area contributed by atoms with Gasteiger partial charge in [-0.1, -0.05) is 78.4 Å². The Balaban J connectivity index is 3.55. The summed E-state index contributed by atoms with van der Waals surface area (Å²) in [6.07, 6.45) is 17.7. The molecule has 0 radical (unpaired) electrons. The number of allylic oxidation sites excluding steroid dienone is 2. The number of carbonyl (C=O) groups excluding carboxylic acids is 1. The third-order valence-corrected chi connectivity index (χ3v) is 4.60. The average molecular weight is 341 g/mol. The van der Waals surface area contributed by atoms with Crippen molar-refractivity contribution < 1.29 is 15.0 Å². The summed E-state index contributed by atoms with van der Waals surface area (Å²) in [6, 6.07) is 0. The molecule has 2 N–H and O–H groups in total. The number of hydrogen-bond donors (Lipinski definition) is 2. The van der Waals surface area contributed by atoms with Crippen LogP contribution in [0.3, 0.4) is 0 Å². The lowest BCUT2D eigenvalue weighted by molar-refractivity contribution is -0.221. The summed E-state index contributed by atoms with van der Waals surface area (Å²) in [5, 5.41) is 19.8. The summed E-state index contributed by atoms with van der Waals surface area (Å²) < 4.78 is 0. The number of aliphatic hydroxyl groups is 2. The molecule has 142 valence electrons. The zero-order valence-electron chi connectivity index (χ0n) is 16.4. The van der Waals surface area contributed by atoms with Crippen molar-refractivity contribution in [3.05, 3.63) is 12.2 Å². The largest absolute Gasteiger partial charge is 0.359 e. The highest BCUT2D eigenvalue weighted by Gasteiger charge is 2.44. The second-order valence-corrected chi connectivity index (χ2v) is 7.97. The fraction of sp³-hybridized carbons (Fsp3) is 0.857. The van der Waals surface area contributed by atoms with Crippen LogP contribution in [-0.4, -0.2) is 21.8 Å². The zero-order valence-corrected chi connectivity index (χ0v) is 16.4. The van der Waals surface area contributed by atoms with Gasteiger partial charge < -0.3 is 10.2 Å². The first kappa shape index (κ1) is 23.3. The minimum atomic E-state index is -2.21. The maximum Gasteiger partial charge on any atom is 0.228 e. The molecule has 0 amide bonds. The molecule has 0 fully saturated rings. The van der Waals surface area contributed by atoms with Crippen molar-refractivity contribution in [1.82, 2.24) is 0 Å². The van der Waals surface area contributed by atoms with E-state index in [-0.39, 0.29) is 6.42 Å². The molecule has 0 aromatic heterocycles. The van der Waals surface area contributed by atoms with Crippen molar-refractivity contribution in [3.63, 3.8) is 0 Å². The van der Waals surface area contributed by atoms with E-state index >= 15 is 0 Å². The third kappa shape index (κ3) is 10.2. The lowest BCUT2D eigenvalue weighted by atomic mass is 9.81. The number of hydrogen-bond acceptors (Lipinski definition) is 3. The van der Waals surface area contributed by atoms with Crippen molar-refractivity contribution in [2.24, 2.45) is 5.41 Å². The van der Waals surface area contributed by atoms with Crippen LogP contribution in [-0.2, 0) is 4.79 Å². The molecule has 0 atom stereocenters. The van der Waals surface area contributed by atoms with Crippen molar-refractivity contribution in [2.75, 3.05) is 0 Å². The van der Waals surface area contributed by atoms with Gasteiger partial charge in [-0.3, -0.25) is 4.79 Å². The number of rotatable bonds is 14. The van der Waals surface area contributed by atoms with Gasteiger partial charge in [-0.15, -0.1) is 0 Å². The highest BCUT2D eigenvalue weighted by molar-refractivity contribution is 5.86. The number of unbranched alkanes of at least 4 members (excludes halogenated alkanes) is 9. The summed E-state index contributed by atoms with van der Waals surface area (Å²) in [6.45, 7) is 7.24. The van der Waals surface area contributed by atoms with E-state index < -0.39 is 17.0 Å². The first-order valence-electron chi connectivity index (χ1n) is 9.86. The molecule has 0 aliphatic rings. The Morgan fingerprint density at radius 1 is 0.792 bits per heavy atom. The lowest BCUT2D eigenvalue weighted by Crippen LogP contribution is -2.49. The van der Waals surface area contributed by atoms with Crippen LogP contribution in [0.4, 0.5) is 0 Å². The van der Waals surface area contributed by atoms with Gasteiger partial charge in [0.15, 0.2) is 5.78 Å². The predicted molar refractivity (Wildman–Crippen MR) is 102 cm³/mol. The average Bonchev–Trinajstić information content (AvgIpc) is 2.50. The summed E-state index contributed by atoms with van der Waals surface area (Å²) >= 11 is 0. The molecule has 0 spiro atoms. The van der Waals surface area contributed by atoms with Crippen molar-refractivity contribution in [3.8, 4) is 0 Å². The SMILES string of the molecule is CCCCCC/C=C\CCCCCCCC(=O)C(O)(O)C(C)(C)C. The zero-order chi connectivity index (χ0) is 18.5. The van der Waals surface area contributed by atoms with E-state index in [0.29, 0.717) is 0 Å². The molecule has 0 saturated heterocycles. The summed E-state index contributed by atoms with van der Waals surface area (Å²) in [4.78, 5) is 11.9. The van der Waals surface area contributed by atoms with Crippen LogP contribution in [0.1, 0.15) is 105 Å². The Bertz CT molecular complexity index is 351. The molecule has 0 rings (SSSR count). The van der Waals surface area contributed by atoms with Gasteiger partial charge in [-0.25, -0.2) is 0 Å². The van der Waals surface area contributed by atoms with Crippen LogP contribution in [0.5, 0.6) is 0 Å². The predicted octanol–water partition coefficient (Wildman–Crippen LogP) is 5.54. The summed E-state index contributed by atoms with van der Waals surface area (Å²) in [5.41, 5.74) is -0.840. The van der Waals surface area contributed by atoms with E-state index in [0.717, 1.165) is 25.7 Å². The van der Waals surface area contributed by atoms with Gasteiger partial charge in [0.25, 0.3) is 0 Å². The molecule has 0 heterocycles. The quantitative estimate of drug-likeness (QED) is 0.248. The Kier molecular flexibility index (Phi) is 12.3.